The zero-order chi connectivity index (χ0) is 10.7. The third-order valence-corrected chi connectivity index (χ3v) is 3.99. The Morgan fingerprint density at radius 2 is 1.93 bits per heavy atom. The van der Waals surface area contributed by atoms with Crippen molar-refractivity contribution in [1.82, 2.24) is 4.90 Å². The average Bonchev–Trinajstić information content (AvgIpc) is 2.30. The lowest BCUT2D eigenvalue weighted by Crippen LogP contribution is -2.53. The molecule has 1 saturated heterocycles. The van der Waals surface area contributed by atoms with E-state index in [0.29, 0.717) is 18.2 Å². The van der Waals surface area contributed by atoms with Crippen LogP contribution in [0.5, 0.6) is 0 Å². The van der Waals surface area contributed by atoms with E-state index in [-0.39, 0.29) is 0 Å². The van der Waals surface area contributed by atoms with Gasteiger partial charge in [0, 0.05) is 25.7 Å². The van der Waals surface area contributed by atoms with Crippen LogP contribution in [0.2, 0.25) is 0 Å². The average molecular weight is 212 g/mol. The van der Waals surface area contributed by atoms with Gasteiger partial charge in [0.05, 0.1) is 6.10 Å². The predicted octanol–water partition coefficient (Wildman–Crippen LogP) is 1.37. The van der Waals surface area contributed by atoms with Crippen LogP contribution < -0.4 is 5.73 Å². The first-order valence-electron chi connectivity index (χ1n) is 6.33. The van der Waals surface area contributed by atoms with Crippen molar-refractivity contribution in [1.29, 1.82) is 0 Å². The first-order chi connectivity index (χ1) is 7.31. The Kier molecular flexibility index (Phi) is 4.00. The molecule has 15 heavy (non-hydrogen) atoms. The Morgan fingerprint density at radius 1 is 1.13 bits per heavy atom. The van der Waals surface area contributed by atoms with Gasteiger partial charge in [-0.3, -0.25) is 4.90 Å². The molecule has 2 fully saturated rings. The molecule has 3 heteroatoms. The van der Waals surface area contributed by atoms with Gasteiger partial charge in [-0.2, -0.15) is 0 Å². The second kappa shape index (κ2) is 5.28. The summed E-state index contributed by atoms with van der Waals surface area (Å²) in [4.78, 5) is 2.57. The minimum Gasteiger partial charge on any atom is -0.380 e. The first-order valence-corrected chi connectivity index (χ1v) is 6.33. The molecule has 0 aromatic rings. The van der Waals surface area contributed by atoms with Gasteiger partial charge in [0.2, 0.25) is 0 Å². The summed E-state index contributed by atoms with van der Waals surface area (Å²) in [6.45, 7) is 2.31. The molecular formula is C12H24N2O. The van der Waals surface area contributed by atoms with Gasteiger partial charge in [-0.1, -0.05) is 12.8 Å². The van der Waals surface area contributed by atoms with Crippen LogP contribution in [0.25, 0.3) is 0 Å². The largest absolute Gasteiger partial charge is 0.380 e. The summed E-state index contributed by atoms with van der Waals surface area (Å²) >= 11 is 0. The van der Waals surface area contributed by atoms with E-state index < -0.39 is 0 Å². The maximum atomic E-state index is 6.21. The van der Waals surface area contributed by atoms with E-state index in [9.17, 15) is 0 Å². The Hall–Kier alpha value is -0.120. The fourth-order valence-electron chi connectivity index (χ4n) is 3.05. The summed E-state index contributed by atoms with van der Waals surface area (Å²) < 4.78 is 5.46. The zero-order valence-electron chi connectivity index (χ0n) is 9.82. The Morgan fingerprint density at radius 3 is 2.67 bits per heavy atom. The fraction of sp³-hybridized carbons (Fsp3) is 1.00. The molecule has 1 heterocycles. The van der Waals surface area contributed by atoms with Gasteiger partial charge in [-0.05, 0) is 32.2 Å². The van der Waals surface area contributed by atoms with Crippen LogP contribution in [0.1, 0.15) is 38.5 Å². The molecule has 1 aliphatic heterocycles. The van der Waals surface area contributed by atoms with Crippen molar-refractivity contribution >= 4 is 0 Å². The molecule has 2 rings (SSSR count). The highest BCUT2D eigenvalue weighted by atomic mass is 16.5. The van der Waals surface area contributed by atoms with Gasteiger partial charge >= 0.3 is 0 Å². The summed E-state index contributed by atoms with van der Waals surface area (Å²) in [5.41, 5.74) is 6.21. The Bertz CT molecular complexity index is 198. The van der Waals surface area contributed by atoms with Crippen molar-refractivity contribution in [3.63, 3.8) is 0 Å². The standard InChI is InChI=1S/C12H24N2O/c1-15-10-5-4-8-14(9-10)12-7-3-2-6-11(12)13/h10-12H,2-9,13H2,1H3. The van der Waals surface area contributed by atoms with E-state index in [0.717, 1.165) is 6.54 Å². The lowest BCUT2D eigenvalue weighted by atomic mass is 9.88. The molecule has 2 N–H and O–H groups in total. The molecule has 3 unspecified atom stereocenters. The van der Waals surface area contributed by atoms with Gasteiger partial charge in [0.15, 0.2) is 0 Å². The van der Waals surface area contributed by atoms with Gasteiger partial charge < -0.3 is 10.5 Å². The SMILES string of the molecule is COC1CCCN(C2CCCCC2N)C1. The first kappa shape index (κ1) is 11.4. The van der Waals surface area contributed by atoms with Crippen molar-refractivity contribution in [3.8, 4) is 0 Å². The Balaban J connectivity index is 1.90. The number of nitrogens with two attached hydrogens (primary N) is 1. The number of nitrogens with zero attached hydrogens (tertiary/aromatic N) is 1. The van der Waals surface area contributed by atoms with Crippen LogP contribution in [-0.2, 0) is 4.74 Å². The fourth-order valence-corrected chi connectivity index (χ4v) is 3.05. The maximum Gasteiger partial charge on any atom is 0.0698 e. The van der Waals surface area contributed by atoms with E-state index in [1.165, 1.54) is 45.1 Å². The van der Waals surface area contributed by atoms with Gasteiger partial charge in [0.25, 0.3) is 0 Å². The zero-order valence-corrected chi connectivity index (χ0v) is 9.82. The predicted molar refractivity (Wildman–Crippen MR) is 61.8 cm³/mol. The van der Waals surface area contributed by atoms with Gasteiger partial charge in [-0.15, -0.1) is 0 Å². The highest BCUT2D eigenvalue weighted by Gasteiger charge is 2.30. The third kappa shape index (κ3) is 2.71. The summed E-state index contributed by atoms with van der Waals surface area (Å²) in [5.74, 6) is 0. The summed E-state index contributed by atoms with van der Waals surface area (Å²) in [5, 5.41) is 0. The van der Waals surface area contributed by atoms with Crippen molar-refractivity contribution in [2.24, 2.45) is 5.73 Å². The van der Waals surface area contributed by atoms with Crippen LogP contribution in [0.4, 0.5) is 0 Å². The van der Waals surface area contributed by atoms with Crippen LogP contribution in [0.3, 0.4) is 0 Å². The molecule has 0 bridgehead atoms. The monoisotopic (exact) mass is 212 g/mol. The van der Waals surface area contributed by atoms with Crippen LogP contribution in [0.15, 0.2) is 0 Å². The number of rotatable bonds is 2. The topological polar surface area (TPSA) is 38.5 Å². The molecule has 0 spiro atoms. The van der Waals surface area contributed by atoms with E-state index in [2.05, 4.69) is 4.90 Å². The Labute approximate surface area is 93.0 Å². The summed E-state index contributed by atoms with van der Waals surface area (Å²) in [6.07, 6.45) is 8.09. The molecular weight excluding hydrogens is 188 g/mol. The molecule has 1 saturated carbocycles. The molecule has 2 aliphatic rings. The number of hydrogen-bond donors (Lipinski definition) is 1. The molecule has 0 aromatic carbocycles. The molecule has 0 radical (unpaired) electrons. The second-order valence-corrected chi connectivity index (χ2v) is 5.01. The van der Waals surface area contributed by atoms with E-state index >= 15 is 0 Å². The normalized spacial score (nSPS) is 39.2. The minimum atomic E-state index is 0.398. The number of hydrogen-bond acceptors (Lipinski definition) is 3. The van der Waals surface area contributed by atoms with E-state index in [4.69, 9.17) is 10.5 Å². The molecule has 0 aromatic heterocycles. The smallest absolute Gasteiger partial charge is 0.0698 e. The molecule has 0 amide bonds. The number of piperidine rings is 1. The molecule has 1 aliphatic carbocycles. The quantitative estimate of drug-likeness (QED) is 0.751. The third-order valence-electron chi connectivity index (χ3n) is 3.99. The highest BCUT2D eigenvalue weighted by molar-refractivity contribution is 4.88. The van der Waals surface area contributed by atoms with Crippen molar-refractivity contribution in [3.05, 3.63) is 0 Å². The van der Waals surface area contributed by atoms with Crippen LogP contribution >= 0.6 is 0 Å². The second-order valence-electron chi connectivity index (χ2n) is 5.01. The van der Waals surface area contributed by atoms with Gasteiger partial charge in [-0.25, -0.2) is 0 Å². The summed E-state index contributed by atoms with van der Waals surface area (Å²) in [7, 11) is 1.83. The minimum absolute atomic E-state index is 0.398. The van der Waals surface area contributed by atoms with Crippen molar-refractivity contribution < 1.29 is 4.74 Å². The van der Waals surface area contributed by atoms with Crippen LogP contribution in [-0.4, -0.2) is 43.3 Å². The molecule has 88 valence electrons. The lowest BCUT2D eigenvalue weighted by Gasteiger charge is -2.42. The number of ether oxygens (including phenoxy) is 1. The highest BCUT2D eigenvalue weighted by Crippen LogP contribution is 2.25. The lowest BCUT2D eigenvalue weighted by molar-refractivity contribution is 0.00358. The number of methoxy groups -OCH3 is 1. The maximum absolute atomic E-state index is 6.21. The van der Waals surface area contributed by atoms with E-state index in [1.807, 2.05) is 7.11 Å². The van der Waals surface area contributed by atoms with Crippen LogP contribution in [0, 0.1) is 0 Å². The molecule has 3 nitrogen and oxygen atoms in total. The van der Waals surface area contributed by atoms with E-state index in [1.54, 1.807) is 0 Å². The summed E-state index contributed by atoms with van der Waals surface area (Å²) in [6, 6.07) is 1.02. The number of likely N-dealkylation sites (tertiary alicyclic amines) is 1. The van der Waals surface area contributed by atoms with Crippen molar-refractivity contribution in [2.75, 3.05) is 20.2 Å². The molecule has 3 atom stereocenters. The van der Waals surface area contributed by atoms with Crippen molar-refractivity contribution in [2.45, 2.75) is 56.7 Å². The van der Waals surface area contributed by atoms with Gasteiger partial charge in [0.1, 0.15) is 0 Å².